The molecule has 0 atom stereocenters. The Bertz CT molecular complexity index is 724. The number of likely N-dealkylation sites (tertiary alicyclic amines) is 1. The molecule has 132 valence electrons. The Morgan fingerprint density at radius 1 is 1.28 bits per heavy atom. The van der Waals surface area contributed by atoms with Crippen LogP contribution in [0, 0.1) is 5.92 Å². The highest BCUT2D eigenvalue weighted by atomic mass is 16.5. The first kappa shape index (κ1) is 17.3. The van der Waals surface area contributed by atoms with Crippen LogP contribution in [0.2, 0.25) is 0 Å². The second-order valence-electron chi connectivity index (χ2n) is 6.49. The van der Waals surface area contributed by atoms with Crippen LogP contribution in [0.1, 0.15) is 37.0 Å². The van der Waals surface area contributed by atoms with Gasteiger partial charge in [0.05, 0.1) is 29.7 Å². The molecule has 1 aliphatic heterocycles. The number of rotatable bonds is 5. The summed E-state index contributed by atoms with van der Waals surface area (Å²) >= 11 is 0. The van der Waals surface area contributed by atoms with Gasteiger partial charge in [-0.05, 0) is 43.9 Å². The monoisotopic (exact) mass is 339 g/mol. The number of nitrogens with one attached hydrogen (secondary N) is 1. The van der Waals surface area contributed by atoms with E-state index in [1.54, 1.807) is 12.4 Å². The number of carbonyl (C=O) groups excluding carboxylic acids is 1. The predicted molar refractivity (Wildman–Crippen MR) is 99.4 cm³/mol. The van der Waals surface area contributed by atoms with Crippen molar-refractivity contribution in [3.05, 3.63) is 48.3 Å². The fourth-order valence-electron chi connectivity index (χ4n) is 3.03. The van der Waals surface area contributed by atoms with Crippen LogP contribution in [-0.2, 0) is 0 Å². The quantitative estimate of drug-likeness (QED) is 0.891. The topological polar surface area (TPSA) is 54.5 Å². The lowest BCUT2D eigenvalue weighted by atomic mass is 9.99. The third-order valence-electron chi connectivity index (χ3n) is 4.52. The Hall–Kier alpha value is -2.56. The van der Waals surface area contributed by atoms with Crippen LogP contribution in [0.3, 0.4) is 0 Å². The Balaban J connectivity index is 1.74. The zero-order valence-electron chi connectivity index (χ0n) is 14.9. The van der Waals surface area contributed by atoms with E-state index in [4.69, 9.17) is 4.74 Å². The number of benzene rings is 1. The number of hydrogen-bond donors (Lipinski definition) is 1. The second kappa shape index (κ2) is 8.01. The molecule has 0 unspecified atom stereocenters. The van der Waals surface area contributed by atoms with E-state index in [0.717, 1.165) is 43.1 Å². The summed E-state index contributed by atoms with van der Waals surface area (Å²) in [6.45, 7) is 6.44. The number of para-hydroxylation sites is 2. The summed E-state index contributed by atoms with van der Waals surface area (Å²) in [6.07, 6.45) is 5.50. The number of carbonyl (C=O) groups is 1. The molecule has 0 spiro atoms. The Labute approximate surface area is 149 Å². The molecule has 1 aromatic heterocycles. The van der Waals surface area contributed by atoms with Gasteiger partial charge in [0.2, 0.25) is 0 Å². The van der Waals surface area contributed by atoms with Crippen LogP contribution >= 0.6 is 0 Å². The number of pyridine rings is 1. The Kier molecular flexibility index (Phi) is 5.53. The van der Waals surface area contributed by atoms with Crippen LogP contribution in [0.15, 0.2) is 42.7 Å². The van der Waals surface area contributed by atoms with Gasteiger partial charge < -0.3 is 15.0 Å². The van der Waals surface area contributed by atoms with Crippen molar-refractivity contribution in [2.45, 2.75) is 26.7 Å². The van der Waals surface area contributed by atoms with Gasteiger partial charge in [0.1, 0.15) is 5.75 Å². The average Bonchev–Trinajstić information content (AvgIpc) is 2.64. The summed E-state index contributed by atoms with van der Waals surface area (Å²) in [5, 5.41) is 3.30. The molecule has 5 nitrogen and oxygen atoms in total. The number of piperidine rings is 1. The molecule has 25 heavy (non-hydrogen) atoms. The minimum Gasteiger partial charge on any atom is -0.492 e. The normalized spacial score (nSPS) is 15.0. The van der Waals surface area contributed by atoms with E-state index in [2.05, 4.69) is 17.2 Å². The van der Waals surface area contributed by atoms with Gasteiger partial charge in [-0.3, -0.25) is 9.78 Å². The molecule has 0 radical (unpaired) electrons. The van der Waals surface area contributed by atoms with Crippen LogP contribution < -0.4 is 10.1 Å². The maximum Gasteiger partial charge on any atom is 0.255 e. The van der Waals surface area contributed by atoms with Crippen LogP contribution in [0.25, 0.3) is 0 Å². The highest BCUT2D eigenvalue weighted by Gasteiger charge is 2.21. The third kappa shape index (κ3) is 4.29. The second-order valence-corrected chi connectivity index (χ2v) is 6.49. The van der Waals surface area contributed by atoms with Crippen molar-refractivity contribution in [3.8, 4) is 5.75 Å². The molecule has 1 fully saturated rings. The number of nitrogens with zero attached hydrogens (tertiary/aromatic N) is 2. The smallest absolute Gasteiger partial charge is 0.255 e. The van der Waals surface area contributed by atoms with Gasteiger partial charge in [0, 0.05) is 19.3 Å². The summed E-state index contributed by atoms with van der Waals surface area (Å²) in [6, 6.07) is 9.61. The number of ether oxygens (including phenoxy) is 1. The molecule has 1 amide bonds. The average molecular weight is 339 g/mol. The highest BCUT2D eigenvalue weighted by molar-refractivity contribution is 5.95. The molecule has 1 aliphatic rings. The summed E-state index contributed by atoms with van der Waals surface area (Å²) in [7, 11) is 0. The Morgan fingerprint density at radius 3 is 2.80 bits per heavy atom. The molecule has 3 rings (SSSR count). The van der Waals surface area contributed by atoms with E-state index >= 15 is 0 Å². The standard InChI is InChI=1S/C20H25N3O2/c1-3-25-19-7-5-4-6-18(19)22-17-12-16(13-21-14-17)20(24)23-10-8-15(2)9-11-23/h4-7,12-15,22H,3,8-11H2,1-2H3. The largest absolute Gasteiger partial charge is 0.492 e. The maximum atomic E-state index is 12.7. The lowest BCUT2D eigenvalue weighted by Gasteiger charge is -2.30. The molecular weight excluding hydrogens is 314 g/mol. The number of anilines is 2. The lowest BCUT2D eigenvalue weighted by molar-refractivity contribution is 0.0697. The molecule has 0 aliphatic carbocycles. The minimum absolute atomic E-state index is 0.0566. The molecule has 2 heterocycles. The Morgan fingerprint density at radius 2 is 2.04 bits per heavy atom. The van der Waals surface area contributed by atoms with Crippen LogP contribution in [0.4, 0.5) is 11.4 Å². The minimum atomic E-state index is 0.0566. The van der Waals surface area contributed by atoms with Gasteiger partial charge in [-0.15, -0.1) is 0 Å². The predicted octanol–water partition coefficient (Wildman–Crippen LogP) is 4.10. The van der Waals surface area contributed by atoms with E-state index in [1.807, 2.05) is 42.2 Å². The molecule has 0 saturated carbocycles. The zero-order valence-corrected chi connectivity index (χ0v) is 14.9. The van der Waals surface area contributed by atoms with Gasteiger partial charge in [-0.2, -0.15) is 0 Å². The van der Waals surface area contributed by atoms with Gasteiger partial charge in [-0.1, -0.05) is 19.1 Å². The molecular formula is C20H25N3O2. The zero-order chi connectivity index (χ0) is 17.6. The molecule has 1 saturated heterocycles. The van der Waals surface area contributed by atoms with Crippen molar-refractivity contribution < 1.29 is 9.53 Å². The van der Waals surface area contributed by atoms with Crippen molar-refractivity contribution in [1.29, 1.82) is 0 Å². The van der Waals surface area contributed by atoms with E-state index in [9.17, 15) is 4.79 Å². The van der Waals surface area contributed by atoms with E-state index in [-0.39, 0.29) is 5.91 Å². The van der Waals surface area contributed by atoms with Crippen LogP contribution in [0.5, 0.6) is 5.75 Å². The van der Waals surface area contributed by atoms with Crippen molar-refractivity contribution in [2.75, 3.05) is 25.0 Å². The van der Waals surface area contributed by atoms with Gasteiger partial charge in [-0.25, -0.2) is 0 Å². The number of hydrogen-bond acceptors (Lipinski definition) is 4. The molecule has 1 aromatic carbocycles. The first-order valence-electron chi connectivity index (χ1n) is 8.90. The van der Waals surface area contributed by atoms with Gasteiger partial charge >= 0.3 is 0 Å². The lowest BCUT2D eigenvalue weighted by Crippen LogP contribution is -2.37. The van der Waals surface area contributed by atoms with E-state index in [1.165, 1.54) is 0 Å². The summed E-state index contributed by atoms with van der Waals surface area (Å²) in [4.78, 5) is 18.9. The van der Waals surface area contributed by atoms with E-state index in [0.29, 0.717) is 18.1 Å². The van der Waals surface area contributed by atoms with Crippen LogP contribution in [-0.4, -0.2) is 35.5 Å². The third-order valence-corrected chi connectivity index (χ3v) is 4.52. The first-order valence-corrected chi connectivity index (χ1v) is 8.90. The SMILES string of the molecule is CCOc1ccccc1Nc1cncc(C(=O)N2CCC(C)CC2)c1. The fraction of sp³-hybridized carbons (Fsp3) is 0.400. The molecule has 2 aromatic rings. The fourth-order valence-corrected chi connectivity index (χ4v) is 3.03. The summed E-state index contributed by atoms with van der Waals surface area (Å²) in [5.41, 5.74) is 2.26. The number of amides is 1. The van der Waals surface area contributed by atoms with Gasteiger partial charge in [0.15, 0.2) is 0 Å². The molecule has 1 N–H and O–H groups in total. The molecule has 0 bridgehead atoms. The van der Waals surface area contributed by atoms with Crippen molar-refractivity contribution in [3.63, 3.8) is 0 Å². The number of aromatic nitrogens is 1. The summed E-state index contributed by atoms with van der Waals surface area (Å²) < 4.78 is 5.63. The maximum absolute atomic E-state index is 12.7. The highest BCUT2D eigenvalue weighted by Crippen LogP contribution is 2.27. The molecule has 5 heteroatoms. The van der Waals surface area contributed by atoms with Gasteiger partial charge in [0.25, 0.3) is 5.91 Å². The summed E-state index contributed by atoms with van der Waals surface area (Å²) in [5.74, 6) is 1.54. The van der Waals surface area contributed by atoms with Crippen molar-refractivity contribution in [1.82, 2.24) is 9.88 Å². The van der Waals surface area contributed by atoms with Crippen molar-refractivity contribution >= 4 is 17.3 Å². The van der Waals surface area contributed by atoms with Crippen molar-refractivity contribution in [2.24, 2.45) is 5.92 Å². The van der Waals surface area contributed by atoms with E-state index < -0.39 is 0 Å². The first-order chi connectivity index (χ1) is 12.2.